The standard InChI is InChI=1S/C27H26F6IN5O3S/c1-14-10-16(11-39-12-18(22(37-39)26(28,29)30)23(38-42-3)27(31,32)33)8-9-20(14)36-24(40)17-6-5-7-19(34)21(17)25(41)35-15(2)13-43-4/h5-10,12,15H,11,13H2,1-4H3,(H,35,41)(H,36,40)/t15-/m0/s1. The van der Waals surface area contributed by atoms with Crippen LogP contribution in [0.4, 0.5) is 32.0 Å². The highest BCUT2D eigenvalue weighted by Crippen LogP contribution is 2.34. The van der Waals surface area contributed by atoms with Crippen LogP contribution < -0.4 is 10.6 Å². The molecule has 0 radical (unpaired) electrons. The number of carbonyl (C=O) groups is 2. The molecule has 43 heavy (non-hydrogen) atoms. The van der Waals surface area contributed by atoms with E-state index in [2.05, 4.69) is 25.7 Å². The zero-order chi connectivity index (χ0) is 32.1. The second-order valence-corrected chi connectivity index (χ2v) is 11.4. The van der Waals surface area contributed by atoms with Crippen molar-refractivity contribution >= 4 is 57.6 Å². The van der Waals surface area contributed by atoms with Crippen LogP contribution in [0.2, 0.25) is 0 Å². The van der Waals surface area contributed by atoms with E-state index in [1.807, 2.05) is 35.8 Å². The first kappa shape index (κ1) is 34.2. The first-order chi connectivity index (χ1) is 20.1. The Morgan fingerprint density at radius 1 is 1.12 bits per heavy atom. The van der Waals surface area contributed by atoms with Crippen LogP contribution in [0.3, 0.4) is 0 Å². The molecule has 1 heterocycles. The number of aromatic nitrogens is 2. The highest BCUT2D eigenvalue weighted by Gasteiger charge is 2.46. The Morgan fingerprint density at radius 2 is 1.81 bits per heavy atom. The van der Waals surface area contributed by atoms with Gasteiger partial charge in [0.2, 0.25) is 0 Å². The Hall–Kier alpha value is -3.28. The highest BCUT2D eigenvalue weighted by atomic mass is 127. The van der Waals surface area contributed by atoms with Crippen LogP contribution >= 0.6 is 34.4 Å². The average Bonchev–Trinajstić information content (AvgIpc) is 3.31. The fourth-order valence-corrected chi connectivity index (χ4v) is 5.43. The van der Waals surface area contributed by atoms with E-state index in [9.17, 15) is 35.9 Å². The number of aryl methyl sites for hydroxylation is 1. The van der Waals surface area contributed by atoms with E-state index in [1.54, 1.807) is 36.9 Å². The largest absolute Gasteiger partial charge is 0.437 e. The molecule has 2 N–H and O–H groups in total. The van der Waals surface area contributed by atoms with Gasteiger partial charge in [-0.2, -0.15) is 43.2 Å². The smallest absolute Gasteiger partial charge is 0.399 e. The molecular weight excluding hydrogens is 715 g/mol. The molecule has 0 spiro atoms. The number of carbonyl (C=O) groups excluding carboxylic acids is 2. The van der Waals surface area contributed by atoms with Crippen molar-refractivity contribution in [3.63, 3.8) is 0 Å². The van der Waals surface area contributed by atoms with Gasteiger partial charge in [-0.1, -0.05) is 23.4 Å². The van der Waals surface area contributed by atoms with Crippen LogP contribution in [0.25, 0.3) is 0 Å². The molecule has 2 aromatic carbocycles. The normalized spacial score (nSPS) is 13.0. The molecule has 3 aromatic rings. The van der Waals surface area contributed by atoms with Crippen LogP contribution in [0.5, 0.6) is 0 Å². The minimum Gasteiger partial charge on any atom is -0.399 e. The topological polar surface area (TPSA) is 97.6 Å². The molecule has 0 fully saturated rings. The Kier molecular flexibility index (Phi) is 11.1. The number of anilines is 1. The number of halogens is 7. The van der Waals surface area contributed by atoms with Gasteiger partial charge in [-0.05, 0) is 72.0 Å². The third-order valence-corrected chi connectivity index (χ3v) is 7.63. The molecule has 0 unspecified atom stereocenters. The minimum atomic E-state index is -5.23. The van der Waals surface area contributed by atoms with Crippen LogP contribution in [-0.4, -0.2) is 58.6 Å². The minimum absolute atomic E-state index is 0.130. The van der Waals surface area contributed by atoms with Gasteiger partial charge < -0.3 is 15.5 Å². The third-order valence-electron chi connectivity index (χ3n) is 5.90. The molecule has 0 bridgehead atoms. The molecule has 232 valence electrons. The average molecular weight is 741 g/mol. The summed E-state index contributed by atoms with van der Waals surface area (Å²) in [7, 11) is 0.786. The van der Waals surface area contributed by atoms with Gasteiger partial charge in [0.15, 0.2) is 11.4 Å². The van der Waals surface area contributed by atoms with E-state index >= 15 is 0 Å². The number of benzene rings is 2. The summed E-state index contributed by atoms with van der Waals surface area (Å²) in [5.41, 5.74) is -3.28. The maximum Gasteiger partial charge on any atom is 0.437 e. The second-order valence-electron chi connectivity index (χ2n) is 9.30. The fraction of sp³-hybridized carbons (Fsp3) is 0.333. The molecule has 0 saturated carbocycles. The second kappa shape index (κ2) is 14.0. The lowest BCUT2D eigenvalue weighted by Crippen LogP contribution is -2.36. The Balaban J connectivity index is 1.87. The van der Waals surface area contributed by atoms with Crippen molar-refractivity contribution in [2.75, 3.05) is 24.4 Å². The molecule has 1 atom stereocenters. The summed E-state index contributed by atoms with van der Waals surface area (Å²) < 4.78 is 82.3. The van der Waals surface area contributed by atoms with Gasteiger partial charge in [0.1, 0.15) is 7.11 Å². The number of hydrogen-bond acceptors (Lipinski definition) is 6. The number of thioether (sulfide) groups is 1. The van der Waals surface area contributed by atoms with Crippen molar-refractivity contribution in [2.45, 2.75) is 38.8 Å². The summed E-state index contributed by atoms with van der Waals surface area (Å²) >= 11 is 3.54. The van der Waals surface area contributed by atoms with Crippen molar-refractivity contribution < 1.29 is 40.8 Å². The Labute approximate surface area is 260 Å². The first-order valence-electron chi connectivity index (χ1n) is 12.4. The van der Waals surface area contributed by atoms with Gasteiger partial charge in [0.25, 0.3) is 11.8 Å². The molecule has 1 aromatic heterocycles. The number of nitrogens with zero attached hydrogens (tertiary/aromatic N) is 3. The van der Waals surface area contributed by atoms with Crippen molar-refractivity contribution in [1.82, 2.24) is 15.1 Å². The van der Waals surface area contributed by atoms with Gasteiger partial charge in [-0.3, -0.25) is 14.3 Å². The SMILES string of the molecule is CON=C(c1cn(Cc2ccc(NC(=O)c3cccc(I)c3C(=O)N[C@@H](C)CSC)c(C)c2)nc1C(F)(F)F)C(F)(F)F. The molecule has 0 aliphatic rings. The lowest BCUT2D eigenvalue weighted by atomic mass is 10.0. The summed E-state index contributed by atoms with van der Waals surface area (Å²) in [6.45, 7) is 3.17. The lowest BCUT2D eigenvalue weighted by Gasteiger charge is -2.16. The maximum atomic E-state index is 13.6. The predicted octanol–water partition coefficient (Wildman–Crippen LogP) is 6.51. The maximum absolute atomic E-state index is 13.6. The predicted molar refractivity (Wildman–Crippen MR) is 160 cm³/mol. The Morgan fingerprint density at radius 3 is 2.40 bits per heavy atom. The monoisotopic (exact) mass is 741 g/mol. The molecule has 16 heteroatoms. The van der Waals surface area contributed by atoms with E-state index in [0.717, 1.165) is 11.8 Å². The van der Waals surface area contributed by atoms with E-state index in [0.29, 0.717) is 32.3 Å². The van der Waals surface area contributed by atoms with E-state index in [1.165, 1.54) is 18.2 Å². The van der Waals surface area contributed by atoms with Crippen LogP contribution in [0.15, 0.2) is 47.8 Å². The third kappa shape index (κ3) is 8.64. The number of amides is 2. The molecule has 8 nitrogen and oxygen atoms in total. The number of nitrogens with one attached hydrogen (secondary N) is 2. The zero-order valence-electron chi connectivity index (χ0n) is 23.2. The zero-order valence-corrected chi connectivity index (χ0v) is 26.1. The van der Waals surface area contributed by atoms with Gasteiger partial charge in [0.05, 0.1) is 23.2 Å². The van der Waals surface area contributed by atoms with Crippen molar-refractivity contribution in [3.8, 4) is 0 Å². The van der Waals surface area contributed by atoms with Gasteiger partial charge in [0, 0.05) is 27.2 Å². The first-order valence-corrected chi connectivity index (χ1v) is 14.9. The van der Waals surface area contributed by atoms with Crippen molar-refractivity contribution in [2.24, 2.45) is 5.16 Å². The van der Waals surface area contributed by atoms with Gasteiger partial charge in [-0.25, -0.2) is 0 Å². The summed E-state index contributed by atoms with van der Waals surface area (Å²) in [5.74, 6) is -0.269. The fourth-order valence-electron chi connectivity index (χ4n) is 4.10. The van der Waals surface area contributed by atoms with E-state index < -0.39 is 41.1 Å². The molecular formula is C27H26F6IN5O3S. The lowest BCUT2D eigenvalue weighted by molar-refractivity contribution is -0.141. The van der Waals surface area contributed by atoms with Crippen LogP contribution in [-0.2, 0) is 17.6 Å². The molecule has 2 amide bonds. The van der Waals surface area contributed by atoms with E-state index in [4.69, 9.17) is 0 Å². The highest BCUT2D eigenvalue weighted by molar-refractivity contribution is 14.1. The van der Waals surface area contributed by atoms with Crippen LogP contribution in [0.1, 0.15) is 50.0 Å². The van der Waals surface area contributed by atoms with Crippen molar-refractivity contribution in [1.29, 1.82) is 0 Å². The number of alkyl halides is 6. The van der Waals surface area contributed by atoms with Gasteiger partial charge >= 0.3 is 12.4 Å². The number of rotatable bonds is 10. The van der Waals surface area contributed by atoms with Crippen LogP contribution in [0, 0.1) is 10.5 Å². The molecule has 0 saturated heterocycles. The molecule has 0 aliphatic carbocycles. The molecule has 0 aliphatic heterocycles. The number of hydrogen-bond donors (Lipinski definition) is 2. The Bertz CT molecular complexity index is 1520. The summed E-state index contributed by atoms with van der Waals surface area (Å²) in [5, 5.41) is 11.7. The summed E-state index contributed by atoms with van der Waals surface area (Å²) in [6, 6.07) is 9.26. The summed E-state index contributed by atoms with van der Waals surface area (Å²) in [4.78, 5) is 30.3. The number of oxime groups is 1. The molecule has 3 rings (SSSR count). The van der Waals surface area contributed by atoms with Crippen molar-refractivity contribution in [3.05, 3.63) is 79.7 Å². The quantitative estimate of drug-likeness (QED) is 0.107. The summed E-state index contributed by atoms with van der Waals surface area (Å²) in [6.07, 6.45) is -7.91. The van der Waals surface area contributed by atoms with Gasteiger partial charge in [-0.15, -0.1) is 0 Å². The van der Waals surface area contributed by atoms with E-state index in [-0.39, 0.29) is 23.7 Å².